The van der Waals surface area contributed by atoms with Crippen LogP contribution in [0.15, 0.2) is 24.3 Å². The monoisotopic (exact) mass is 288 g/mol. The van der Waals surface area contributed by atoms with Gasteiger partial charge >= 0.3 is 0 Å². The van der Waals surface area contributed by atoms with Crippen molar-refractivity contribution in [2.75, 3.05) is 6.54 Å². The van der Waals surface area contributed by atoms with Crippen molar-refractivity contribution >= 4 is 5.91 Å². The standard InChI is InChI=1S/C18H28N2O/c1-12(2)15-5-7-16(8-6-15)14(4)20-18(21)17-11-13(3)9-10-19-17/h5-8,12-14,17,19H,9-11H2,1-4H3,(H,20,21). The molecule has 0 spiro atoms. The molecule has 3 atom stereocenters. The largest absolute Gasteiger partial charge is 0.348 e. The van der Waals surface area contributed by atoms with Crippen LogP contribution >= 0.6 is 0 Å². The molecule has 21 heavy (non-hydrogen) atoms. The summed E-state index contributed by atoms with van der Waals surface area (Å²) < 4.78 is 0. The van der Waals surface area contributed by atoms with E-state index in [0.717, 1.165) is 24.9 Å². The molecule has 1 aliphatic heterocycles. The Bertz CT molecular complexity index is 467. The SMILES string of the molecule is CC1CCNC(C(=O)NC(C)c2ccc(C(C)C)cc2)C1. The minimum absolute atomic E-state index is 0.0360. The molecule has 1 amide bonds. The summed E-state index contributed by atoms with van der Waals surface area (Å²) in [5.74, 6) is 1.29. The Morgan fingerprint density at radius 2 is 1.81 bits per heavy atom. The maximum atomic E-state index is 12.3. The van der Waals surface area contributed by atoms with Crippen LogP contribution in [0.4, 0.5) is 0 Å². The molecule has 0 bridgehead atoms. The molecule has 1 heterocycles. The molecule has 1 aliphatic rings. The van der Waals surface area contributed by atoms with Crippen LogP contribution in [0, 0.1) is 5.92 Å². The topological polar surface area (TPSA) is 41.1 Å². The summed E-state index contributed by atoms with van der Waals surface area (Å²) in [7, 11) is 0. The number of carbonyl (C=O) groups is 1. The molecular formula is C18H28N2O. The van der Waals surface area contributed by atoms with Gasteiger partial charge in [-0.3, -0.25) is 4.79 Å². The maximum absolute atomic E-state index is 12.3. The van der Waals surface area contributed by atoms with E-state index < -0.39 is 0 Å². The van der Waals surface area contributed by atoms with E-state index >= 15 is 0 Å². The maximum Gasteiger partial charge on any atom is 0.237 e. The summed E-state index contributed by atoms with van der Waals surface area (Å²) in [4.78, 5) is 12.3. The zero-order valence-electron chi connectivity index (χ0n) is 13.6. The van der Waals surface area contributed by atoms with Crippen LogP contribution in [0.1, 0.15) is 63.6 Å². The molecule has 1 aromatic rings. The lowest BCUT2D eigenvalue weighted by atomic mass is 9.93. The molecule has 0 aromatic heterocycles. The van der Waals surface area contributed by atoms with Crippen LogP contribution in [0.25, 0.3) is 0 Å². The summed E-state index contributed by atoms with van der Waals surface area (Å²) in [6.07, 6.45) is 2.10. The van der Waals surface area contributed by atoms with Gasteiger partial charge in [-0.2, -0.15) is 0 Å². The highest BCUT2D eigenvalue weighted by atomic mass is 16.2. The lowest BCUT2D eigenvalue weighted by Crippen LogP contribution is -2.48. The highest BCUT2D eigenvalue weighted by molar-refractivity contribution is 5.82. The third-order valence-corrected chi connectivity index (χ3v) is 4.44. The summed E-state index contributed by atoms with van der Waals surface area (Å²) in [6, 6.07) is 8.57. The van der Waals surface area contributed by atoms with Crippen molar-refractivity contribution in [3.8, 4) is 0 Å². The summed E-state index contributed by atoms with van der Waals surface area (Å²) in [5.41, 5.74) is 2.50. The summed E-state index contributed by atoms with van der Waals surface area (Å²) in [5, 5.41) is 6.45. The first-order valence-electron chi connectivity index (χ1n) is 8.11. The molecule has 0 aliphatic carbocycles. The Hall–Kier alpha value is -1.35. The van der Waals surface area contributed by atoms with Gasteiger partial charge in [-0.15, -0.1) is 0 Å². The number of benzene rings is 1. The van der Waals surface area contributed by atoms with Gasteiger partial charge in [0, 0.05) is 0 Å². The van der Waals surface area contributed by atoms with Crippen molar-refractivity contribution in [1.82, 2.24) is 10.6 Å². The van der Waals surface area contributed by atoms with E-state index in [1.165, 1.54) is 5.56 Å². The van der Waals surface area contributed by atoms with Gasteiger partial charge < -0.3 is 10.6 Å². The fourth-order valence-electron chi connectivity index (χ4n) is 2.87. The molecule has 2 rings (SSSR count). The minimum atomic E-state index is -0.0360. The lowest BCUT2D eigenvalue weighted by molar-refractivity contribution is -0.124. The van der Waals surface area contributed by atoms with E-state index in [4.69, 9.17) is 0 Å². The second-order valence-corrected chi connectivity index (χ2v) is 6.69. The van der Waals surface area contributed by atoms with E-state index in [1.54, 1.807) is 0 Å². The number of amides is 1. The molecule has 1 fully saturated rings. The zero-order chi connectivity index (χ0) is 15.4. The Morgan fingerprint density at radius 3 is 2.38 bits per heavy atom. The molecule has 1 aromatic carbocycles. The number of nitrogens with one attached hydrogen (secondary N) is 2. The predicted molar refractivity (Wildman–Crippen MR) is 87.3 cm³/mol. The first kappa shape index (κ1) is 16.0. The van der Waals surface area contributed by atoms with Crippen molar-refractivity contribution in [3.05, 3.63) is 35.4 Å². The smallest absolute Gasteiger partial charge is 0.237 e. The number of rotatable bonds is 4. The van der Waals surface area contributed by atoms with Gasteiger partial charge in [-0.1, -0.05) is 45.0 Å². The van der Waals surface area contributed by atoms with Crippen LogP contribution in [0.3, 0.4) is 0 Å². The number of carbonyl (C=O) groups excluding carboxylic acids is 1. The van der Waals surface area contributed by atoms with Crippen molar-refractivity contribution in [3.63, 3.8) is 0 Å². The normalized spacial score (nSPS) is 23.9. The van der Waals surface area contributed by atoms with Gasteiger partial charge in [0.2, 0.25) is 5.91 Å². The van der Waals surface area contributed by atoms with Crippen molar-refractivity contribution in [2.24, 2.45) is 5.92 Å². The molecule has 3 heteroatoms. The van der Waals surface area contributed by atoms with Crippen LogP contribution in [0.2, 0.25) is 0 Å². The number of hydrogen-bond acceptors (Lipinski definition) is 2. The summed E-state index contributed by atoms with van der Waals surface area (Å²) in [6.45, 7) is 9.59. The molecule has 3 unspecified atom stereocenters. The van der Waals surface area contributed by atoms with Gasteiger partial charge in [0.25, 0.3) is 0 Å². The minimum Gasteiger partial charge on any atom is -0.348 e. The van der Waals surface area contributed by atoms with Crippen molar-refractivity contribution in [2.45, 2.75) is 58.5 Å². The first-order valence-corrected chi connectivity index (χ1v) is 8.11. The number of hydrogen-bond donors (Lipinski definition) is 2. The highest BCUT2D eigenvalue weighted by Gasteiger charge is 2.25. The van der Waals surface area contributed by atoms with E-state index in [0.29, 0.717) is 11.8 Å². The highest BCUT2D eigenvalue weighted by Crippen LogP contribution is 2.20. The molecule has 116 valence electrons. The molecule has 0 radical (unpaired) electrons. The second-order valence-electron chi connectivity index (χ2n) is 6.69. The third-order valence-electron chi connectivity index (χ3n) is 4.44. The zero-order valence-corrected chi connectivity index (χ0v) is 13.6. The molecular weight excluding hydrogens is 260 g/mol. The van der Waals surface area contributed by atoms with Gasteiger partial charge in [0.05, 0.1) is 12.1 Å². The van der Waals surface area contributed by atoms with Crippen LogP contribution in [0.5, 0.6) is 0 Å². The average Bonchev–Trinajstić information content (AvgIpc) is 2.47. The quantitative estimate of drug-likeness (QED) is 0.892. The third kappa shape index (κ3) is 4.31. The van der Waals surface area contributed by atoms with Crippen molar-refractivity contribution < 1.29 is 4.79 Å². The van der Waals surface area contributed by atoms with E-state index in [9.17, 15) is 4.79 Å². The summed E-state index contributed by atoms with van der Waals surface area (Å²) >= 11 is 0. The van der Waals surface area contributed by atoms with Gasteiger partial charge in [-0.25, -0.2) is 0 Å². The Labute approximate surface area is 128 Å². The Balaban J connectivity index is 1.93. The van der Waals surface area contributed by atoms with Crippen LogP contribution in [-0.2, 0) is 4.79 Å². The molecule has 0 saturated carbocycles. The van der Waals surface area contributed by atoms with Gasteiger partial charge in [0.1, 0.15) is 0 Å². The van der Waals surface area contributed by atoms with E-state index in [1.807, 2.05) is 0 Å². The van der Waals surface area contributed by atoms with Crippen molar-refractivity contribution in [1.29, 1.82) is 0 Å². The van der Waals surface area contributed by atoms with E-state index in [-0.39, 0.29) is 18.0 Å². The lowest BCUT2D eigenvalue weighted by Gasteiger charge is -2.28. The van der Waals surface area contributed by atoms with Crippen LogP contribution in [-0.4, -0.2) is 18.5 Å². The molecule has 2 N–H and O–H groups in total. The van der Waals surface area contributed by atoms with E-state index in [2.05, 4.69) is 62.6 Å². The Kier molecular flexibility index (Phi) is 5.40. The Morgan fingerprint density at radius 1 is 1.19 bits per heavy atom. The second kappa shape index (κ2) is 7.08. The van der Waals surface area contributed by atoms with Crippen LogP contribution < -0.4 is 10.6 Å². The first-order chi connectivity index (χ1) is 9.97. The number of piperidine rings is 1. The molecule has 1 saturated heterocycles. The fraction of sp³-hybridized carbons (Fsp3) is 0.611. The van der Waals surface area contributed by atoms with Gasteiger partial charge in [0.15, 0.2) is 0 Å². The fourth-order valence-corrected chi connectivity index (χ4v) is 2.87. The average molecular weight is 288 g/mol. The molecule has 3 nitrogen and oxygen atoms in total. The van der Waals surface area contributed by atoms with Gasteiger partial charge in [-0.05, 0) is 49.3 Å². The predicted octanol–water partition coefficient (Wildman–Crippen LogP) is 3.38.